The average molecular weight is 278 g/mol. The molecule has 4 nitrogen and oxygen atoms in total. The van der Waals surface area contributed by atoms with Crippen molar-refractivity contribution in [3.05, 3.63) is 35.9 Å². The Hall–Kier alpha value is -1.39. The van der Waals surface area contributed by atoms with Gasteiger partial charge in [-0.2, -0.15) is 0 Å². The zero-order valence-corrected chi connectivity index (χ0v) is 12.8. The number of hydrogen-bond acceptors (Lipinski definition) is 4. The van der Waals surface area contributed by atoms with Gasteiger partial charge in [-0.1, -0.05) is 30.3 Å². The number of esters is 1. The van der Waals surface area contributed by atoms with Gasteiger partial charge in [-0.3, -0.25) is 4.79 Å². The molecule has 1 aromatic carbocycles. The molecule has 1 rings (SSSR count). The normalized spacial score (nSPS) is 12.4. The van der Waals surface area contributed by atoms with Crippen LogP contribution in [0, 0.1) is 0 Å². The molecule has 1 aromatic rings. The van der Waals surface area contributed by atoms with E-state index in [9.17, 15) is 4.79 Å². The summed E-state index contributed by atoms with van der Waals surface area (Å²) in [6.07, 6.45) is 1.25. The molecule has 0 heterocycles. The van der Waals surface area contributed by atoms with Crippen molar-refractivity contribution in [3.8, 4) is 0 Å². The van der Waals surface area contributed by atoms with Gasteiger partial charge in [-0.25, -0.2) is 0 Å². The summed E-state index contributed by atoms with van der Waals surface area (Å²) >= 11 is 0. The number of rotatable bonds is 9. The van der Waals surface area contributed by atoms with Crippen molar-refractivity contribution in [3.63, 3.8) is 0 Å². The van der Waals surface area contributed by atoms with E-state index in [1.807, 2.05) is 39.2 Å². The van der Waals surface area contributed by atoms with Crippen LogP contribution < -0.4 is 5.32 Å². The van der Waals surface area contributed by atoms with E-state index in [-0.39, 0.29) is 12.0 Å². The molecule has 1 atom stereocenters. The molecule has 0 saturated carbocycles. The van der Waals surface area contributed by atoms with Crippen LogP contribution in [0.25, 0.3) is 0 Å². The summed E-state index contributed by atoms with van der Waals surface area (Å²) in [4.78, 5) is 13.8. The van der Waals surface area contributed by atoms with Gasteiger partial charge < -0.3 is 15.0 Å². The summed E-state index contributed by atoms with van der Waals surface area (Å²) < 4.78 is 5.05. The first-order valence-corrected chi connectivity index (χ1v) is 7.19. The van der Waals surface area contributed by atoms with Crippen molar-refractivity contribution in [1.29, 1.82) is 0 Å². The van der Waals surface area contributed by atoms with Crippen LogP contribution in [0.3, 0.4) is 0 Å². The summed E-state index contributed by atoms with van der Waals surface area (Å²) in [5.41, 5.74) is 1.24. The van der Waals surface area contributed by atoms with Gasteiger partial charge in [0.05, 0.1) is 13.0 Å². The zero-order valence-electron chi connectivity index (χ0n) is 12.8. The topological polar surface area (TPSA) is 41.6 Å². The Balaban J connectivity index is 2.51. The number of nitrogens with one attached hydrogen (secondary N) is 1. The highest BCUT2D eigenvalue weighted by molar-refractivity contribution is 5.70. The molecule has 1 unspecified atom stereocenters. The number of nitrogens with zero attached hydrogens (tertiary/aromatic N) is 1. The lowest BCUT2D eigenvalue weighted by Crippen LogP contribution is -2.38. The molecule has 0 fully saturated rings. The fourth-order valence-corrected chi connectivity index (χ4v) is 2.03. The maximum absolute atomic E-state index is 11.7. The molecule has 1 N–H and O–H groups in total. The molecule has 0 amide bonds. The smallest absolute Gasteiger partial charge is 0.307 e. The summed E-state index contributed by atoms with van der Waals surface area (Å²) in [5, 5.41) is 3.45. The highest BCUT2D eigenvalue weighted by atomic mass is 16.5. The Labute approximate surface area is 122 Å². The Kier molecular flexibility index (Phi) is 7.92. The zero-order chi connectivity index (χ0) is 14.8. The van der Waals surface area contributed by atoms with Crippen LogP contribution in [0.1, 0.15) is 18.9 Å². The van der Waals surface area contributed by atoms with Gasteiger partial charge in [-0.05, 0) is 33.0 Å². The molecule has 112 valence electrons. The van der Waals surface area contributed by atoms with E-state index in [0.29, 0.717) is 13.0 Å². The number of ether oxygens (including phenoxy) is 1. The maximum atomic E-state index is 11.7. The monoisotopic (exact) mass is 278 g/mol. The Bertz CT molecular complexity index is 379. The molecular weight excluding hydrogens is 252 g/mol. The van der Waals surface area contributed by atoms with Crippen molar-refractivity contribution >= 4 is 5.97 Å². The highest BCUT2D eigenvalue weighted by Crippen LogP contribution is 2.07. The lowest BCUT2D eigenvalue weighted by atomic mass is 10.0. The van der Waals surface area contributed by atoms with Crippen molar-refractivity contribution in [2.24, 2.45) is 0 Å². The molecule has 0 saturated heterocycles. The fraction of sp³-hybridized carbons (Fsp3) is 0.562. The summed E-state index contributed by atoms with van der Waals surface area (Å²) in [5.74, 6) is -0.134. The van der Waals surface area contributed by atoms with Crippen LogP contribution in [-0.2, 0) is 16.0 Å². The molecule has 20 heavy (non-hydrogen) atoms. The van der Waals surface area contributed by atoms with Crippen molar-refractivity contribution < 1.29 is 9.53 Å². The average Bonchev–Trinajstić information content (AvgIpc) is 2.39. The number of hydrogen-bond donors (Lipinski definition) is 1. The van der Waals surface area contributed by atoms with Crippen LogP contribution in [-0.4, -0.2) is 50.7 Å². The van der Waals surface area contributed by atoms with Crippen molar-refractivity contribution in [2.45, 2.75) is 25.8 Å². The molecule has 0 bridgehead atoms. The van der Waals surface area contributed by atoms with Crippen LogP contribution in [0.2, 0.25) is 0 Å². The Morgan fingerprint density at radius 1 is 1.30 bits per heavy atom. The lowest BCUT2D eigenvalue weighted by Gasteiger charge is -2.19. The fourth-order valence-electron chi connectivity index (χ4n) is 2.03. The first kappa shape index (κ1) is 16.7. The third-order valence-corrected chi connectivity index (χ3v) is 3.04. The third kappa shape index (κ3) is 7.26. The molecule has 4 heteroatoms. The number of carbonyl (C=O) groups excluding carboxylic acids is 1. The first-order valence-electron chi connectivity index (χ1n) is 7.19. The van der Waals surface area contributed by atoms with E-state index in [1.54, 1.807) is 0 Å². The minimum Gasteiger partial charge on any atom is -0.466 e. The van der Waals surface area contributed by atoms with Gasteiger partial charge in [0.2, 0.25) is 0 Å². The molecule has 0 aromatic heterocycles. The molecule has 0 aliphatic heterocycles. The van der Waals surface area contributed by atoms with Crippen molar-refractivity contribution in [1.82, 2.24) is 10.2 Å². The van der Waals surface area contributed by atoms with E-state index >= 15 is 0 Å². The number of likely N-dealkylation sites (N-methyl/N-ethyl adjacent to an activating group) is 1. The largest absolute Gasteiger partial charge is 0.466 e. The molecule has 0 spiro atoms. The van der Waals surface area contributed by atoms with Gasteiger partial charge in [0.1, 0.15) is 0 Å². The van der Waals surface area contributed by atoms with E-state index in [4.69, 9.17) is 4.74 Å². The van der Waals surface area contributed by atoms with Crippen molar-refractivity contribution in [2.75, 3.05) is 33.8 Å². The molecule has 0 aliphatic carbocycles. The molecule has 0 radical (unpaired) electrons. The SMILES string of the molecule is CCOC(=O)CC(Cc1ccccc1)NCCN(C)C. The van der Waals surface area contributed by atoms with E-state index < -0.39 is 0 Å². The van der Waals surface area contributed by atoms with Gasteiger partial charge in [0.25, 0.3) is 0 Å². The second-order valence-electron chi connectivity index (χ2n) is 5.15. The summed E-state index contributed by atoms with van der Waals surface area (Å²) in [7, 11) is 4.08. The van der Waals surface area contributed by atoms with E-state index in [1.165, 1.54) is 5.56 Å². The predicted octanol–water partition coefficient (Wildman–Crippen LogP) is 1.70. The quantitative estimate of drug-likeness (QED) is 0.698. The van der Waals surface area contributed by atoms with Gasteiger partial charge in [0.15, 0.2) is 0 Å². The molecule has 0 aliphatic rings. The lowest BCUT2D eigenvalue weighted by molar-refractivity contribution is -0.143. The second kappa shape index (κ2) is 9.50. The third-order valence-electron chi connectivity index (χ3n) is 3.04. The standard InChI is InChI=1S/C16H26N2O2/c1-4-20-16(19)13-15(17-10-11-18(2)3)12-14-8-6-5-7-9-14/h5-9,15,17H,4,10-13H2,1-3H3. The predicted molar refractivity (Wildman–Crippen MR) is 81.7 cm³/mol. The van der Waals surface area contributed by atoms with Crippen LogP contribution in [0.5, 0.6) is 0 Å². The van der Waals surface area contributed by atoms with Gasteiger partial charge in [-0.15, -0.1) is 0 Å². The van der Waals surface area contributed by atoms with Gasteiger partial charge >= 0.3 is 5.97 Å². The number of benzene rings is 1. The Morgan fingerprint density at radius 3 is 2.60 bits per heavy atom. The van der Waals surface area contributed by atoms with Gasteiger partial charge in [0, 0.05) is 19.1 Å². The maximum Gasteiger partial charge on any atom is 0.307 e. The van der Waals surface area contributed by atoms with E-state index in [0.717, 1.165) is 19.5 Å². The molecular formula is C16H26N2O2. The van der Waals surface area contributed by atoms with Crippen LogP contribution in [0.4, 0.5) is 0 Å². The van der Waals surface area contributed by atoms with Crippen LogP contribution >= 0.6 is 0 Å². The summed E-state index contributed by atoms with van der Waals surface area (Å²) in [6, 6.07) is 10.4. The minimum atomic E-state index is -0.134. The highest BCUT2D eigenvalue weighted by Gasteiger charge is 2.14. The summed E-state index contributed by atoms with van der Waals surface area (Å²) in [6.45, 7) is 4.09. The minimum absolute atomic E-state index is 0.122. The first-order chi connectivity index (χ1) is 9.61. The van der Waals surface area contributed by atoms with E-state index in [2.05, 4.69) is 22.3 Å². The Morgan fingerprint density at radius 2 is 2.00 bits per heavy atom. The second-order valence-corrected chi connectivity index (χ2v) is 5.15. The van der Waals surface area contributed by atoms with Crippen LogP contribution in [0.15, 0.2) is 30.3 Å². The number of carbonyl (C=O) groups is 1.